The summed E-state index contributed by atoms with van der Waals surface area (Å²) in [5.74, 6) is -0.403. The quantitative estimate of drug-likeness (QED) is 0.459. The van der Waals surface area contributed by atoms with Gasteiger partial charge < -0.3 is 15.0 Å². The van der Waals surface area contributed by atoms with Crippen LogP contribution in [0.3, 0.4) is 0 Å². The Bertz CT molecular complexity index is 1110. The van der Waals surface area contributed by atoms with Crippen molar-refractivity contribution in [3.05, 3.63) is 59.1 Å². The molecule has 2 atom stereocenters. The Morgan fingerprint density at radius 3 is 2.31 bits per heavy atom. The van der Waals surface area contributed by atoms with Crippen LogP contribution in [0, 0.1) is 0 Å². The minimum Gasteiger partial charge on any atom is -0.495 e. The van der Waals surface area contributed by atoms with Gasteiger partial charge in [-0.15, -0.1) is 0 Å². The van der Waals surface area contributed by atoms with E-state index in [1.54, 1.807) is 6.92 Å². The van der Waals surface area contributed by atoms with Crippen LogP contribution in [0.15, 0.2) is 48.5 Å². The van der Waals surface area contributed by atoms with Crippen molar-refractivity contribution in [2.24, 2.45) is 0 Å². The van der Waals surface area contributed by atoms with Gasteiger partial charge >= 0.3 is 0 Å². The summed E-state index contributed by atoms with van der Waals surface area (Å²) in [4.78, 5) is 27.8. The van der Waals surface area contributed by atoms with Crippen LogP contribution in [0.5, 0.6) is 5.75 Å². The predicted molar refractivity (Wildman–Crippen MR) is 139 cm³/mol. The van der Waals surface area contributed by atoms with Crippen LogP contribution in [-0.4, -0.2) is 63.7 Å². The first-order valence-electron chi connectivity index (χ1n) is 11.4. The van der Waals surface area contributed by atoms with Crippen LogP contribution in [0.1, 0.15) is 32.8 Å². The van der Waals surface area contributed by atoms with Gasteiger partial charge in [-0.2, -0.15) is 0 Å². The highest BCUT2D eigenvalue weighted by molar-refractivity contribution is 7.92. The second-order valence-electron chi connectivity index (χ2n) is 8.41. The van der Waals surface area contributed by atoms with Crippen molar-refractivity contribution in [3.8, 4) is 5.75 Å². The number of nitrogens with zero attached hydrogens (tertiary/aromatic N) is 2. The average molecular weight is 524 g/mol. The number of ether oxygens (including phenoxy) is 1. The third kappa shape index (κ3) is 8.14. The molecule has 10 heteroatoms. The summed E-state index contributed by atoms with van der Waals surface area (Å²) >= 11 is 6.20. The molecule has 0 fully saturated rings. The lowest BCUT2D eigenvalue weighted by molar-refractivity contribution is -0.139. The zero-order valence-corrected chi connectivity index (χ0v) is 22.4. The van der Waals surface area contributed by atoms with E-state index in [1.165, 1.54) is 30.2 Å². The monoisotopic (exact) mass is 523 g/mol. The van der Waals surface area contributed by atoms with Crippen molar-refractivity contribution >= 4 is 39.1 Å². The number of anilines is 1. The fourth-order valence-electron chi connectivity index (χ4n) is 3.46. The second kappa shape index (κ2) is 12.8. The Morgan fingerprint density at radius 2 is 1.77 bits per heavy atom. The van der Waals surface area contributed by atoms with E-state index in [0.717, 1.165) is 22.5 Å². The standard InChI is InChI=1S/C25H34ClN3O5S/c1-6-18(2)27-25(31)19(3)28(15-14-20-10-8-7-9-11-20)24(30)17-29(35(5,32)33)21-12-13-23(34-4)22(26)16-21/h7-13,16,18-19H,6,14-15,17H2,1-5H3,(H,27,31)/t18-,19-/m0/s1. The number of benzene rings is 2. The highest BCUT2D eigenvalue weighted by Crippen LogP contribution is 2.30. The van der Waals surface area contributed by atoms with E-state index in [9.17, 15) is 18.0 Å². The molecule has 0 bridgehead atoms. The smallest absolute Gasteiger partial charge is 0.244 e. The number of nitrogens with one attached hydrogen (secondary N) is 1. The zero-order valence-electron chi connectivity index (χ0n) is 20.8. The van der Waals surface area contributed by atoms with Crippen LogP contribution < -0.4 is 14.4 Å². The third-order valence-corrected chi connectivity index (χ3v) is 7.19. The maximum absolute atomic E-state index is 13.5. The second-order valence-corrected chi connectivity index (χ2v) is 10.7. The minimum absolute atomic E-state index is 0.0509. The number of amides is 2. The molecule has 8 nitrogen and oxygen atoms in total. The van der Waals surface area contributed by atoms with Gasteiger partial charge in [-0.3, -0.25) is 13.9 Å². The Morgan fingerprint density at radius 1 is 1.11 bits per heavy atom. The van der Waals surface area contributed by atoms with E-state index in [4.69, 9.17) is 16.3 Å². The molecular weight excluding hydrogens is 490 g/mol. The van der Waals surface area contributed by atoms with E-state index >= 15 is 0 Å². The summed E-state index contributed by atoms with van der Waals surface area (Å²) in [5.41, 5.74) is 1.23. The molecule has 2 aromatic carbocycles. The Labute approximate surface area is 213 Å². The molecule has 0 unspecified atom stereocenters. The van der Waals surface area contributed by atoms with Gasteiger partial charge in [0.15, 0.2) is 0 Å². The highest BCUT2D eigenvalue weighted by atomic mass is 35.5. The van der Waals surface area contributed by atoms with Gasteiger partial charge in [0, 0.05) is 12.6 Å². The normalized spacial score (nSPS) is 13.0. The molecule has 0 radical (unpaired) electrons. The van der Waals surface area contributed by atoms with Crippen molar-refractivity contribution in [2.45, 2.75) is 45.7 Å². The van der Waals surface area contributed by atoms with E-state index in [2.05, 4.69) is 5.32 Å². The number of hydrogen-bond acceptors (Lipinski definition) is 5. The van der Waals surface area contributed by atoms with Crippen molar-refractivity contribution in [1.29, 1.82) is 0 Å². The summed E-state index contributed by atoms with van der Waals surface area (Å²) in [6.07, 6.45) is 2.28. The summed E-state index contributed by atoms with van der Waals surface area (Å²) in [5, 5.41) is 3.12. The first-order valence-corrected chi connectivity index (χ1v) is 13.7. The van der Waals surface area contributed by atoms with Crippen molar-refractivity contribution in [2.75, 3.05) is 30.8 Å². The first kappa shape index (κ1) is 28.5. The maximum Gasteiger partial charge on any atom is 0.244 e. The first-order chi connectivity index (χ1) is 16.5. The molecule has 0 aliphatic rings. The Hall–Kier alpha value is -2.78. The van der Waals surface area contributed by atoms with E-state index in [-0.39, 0.29) is 29.2 Å². The van der Waals surface area contributed by atoms with Crippen LogP contribution in [-0.2, 0) is 26.0 Å². The third-order valence-electron chi connectivity index (χ3n) is 5.76. The molecule has 192 valence electrons. The topological polar surface area (TPSA) is 96.0 Å². The minimum atomic E-state index is -3.83. The average Bonchev–Trinajstić information content (AvgIpc) is 2.82. The maximum atomic E-state index is 13.5. The number of methoxy groups -OCH3 is 1. The molecule has 2 rings (SSSR count). The molecule has 2 aromatic rings. The zero-order chi connectivity index (χ0) is 26.2. The van der Waals surface area contributed by atoms with Crippen molar-refractivity contribution in [1.82, 2.24) is 10.2 Å². The van der Waals surface area contributed by atoms with E-state index in [0.29, 0.717) is 12.2 Å². The molecule has 0 saturated carbocycles. The van der Waals surface area contributed by atoms with Gasteiger partial charge in [0.25, 0.3) is 0 Å². The molecule has 1 N–H and O–H groups in total. The molecule has 0 heterocycles. The van der Waals surface area contributed by atoms with Gasteiger partial charge in [-0.05, 0) is 50.5 Å². The fraction of sp³-hybridized carbons (Fsp3) is 0.440. The predicted octanol–water partition coefficient (Wildman–Crippen LogP) is 3.49. The summed E-state index contributed by atoms with van der Waals surface area (Å²) in [6.45, 7) is 5.27. The molecule has 0 aromatic heterocycles. The lowest BCUT2D eigenvalue weighted by Crippen LogP contribution is -2.53. The van der Waals surface area contributed by atoms with Crippen molar-refractivity contribution in [3.63, 3.8) is 0 Å². The van der Waals surface area contributed by atoms with Crippen molar-refractivity contribution < 1.29 is 22.7 Å². The van der Waals surface area contributed by atoms with Gasteiger partial charge in [-0.25, -0.2) is 8.42 Å². The highest BCUT2D eigenvalue weighted by Gasteiger charge is 2.30. The Balaban J connectivity index is 2.34. The molecule has 2 amide bonds. The lowest BCUT2D eigenvalue weighted by Gasteiger charge is -2.32. The number of sulfonamides is 1. The summed E-state index contributed by atoms with van der Waals surface area (Å²) in [6, 6.07) is 13.2. The molecule has 0 spiro atoms. The molecule has 35 heavy (non-hydrogen) atoms. The largest absolute Gasteiger partial charge is 0.495 e. The fourth-order valence-corrected chi connectivity index (χ4v) is 4.55. The van der Waals surface area contributed by atoms with Crippen LogP contribution in [0.2, 0.25) is 5.02 Å². The van der Waals surface area contributed by atoms with Gasteiger partial charge in [0.05, 0.1) is 24.1 Å². The van der Waals surface area contributed by atoms with Crippen LogP contribution >= 0.6 is 11.6 Å². The van der Waals surface area contributed by atoms with Crippen LogP contribution in [0.4, 0.5) is 5.69 Å². The Kier molecular flexibility index (Phi) is 10.4. The summed E-state index contributed by atoms with van der Waals surface area (Å²) < 4.78 is 31.4. The SMILES string of the molecule is CC[C@H](C)NC(=O)[C@H](C)N(CCc1ccccc1)C(=O)CN(c1ccc(OC)c(Cl)c1)S(C)(=O)=O. The van der Waals surface area contributed by atoms with Crippen LogP contribution in [0.25, 0.3) is 0 Å². The number of rotatable bonds is 12. The van der Waals surface area contributed by atoms with E-state index < -0.39 is 28.5 Å². The van der Waals surface area contributed by atoms with Gasteiger partial charge in [-0.1, -0.05) is 48.9 Å². The molecule has 0 aliphatic heterocycles. The molecule has 0 aliphatic carbocycles. The lowest BCUT2D eigenvalue weighted by atomic mass is 10.1. The van der Waals surface area contributed by atoms with Gasteiger partial charge in [0.1, 0.15) is 18.3 Å². The molecular formula is C25H34ClN3O5S. The number of carbonyl (C=O) groups excluding carboxylic acids is 2. The number of halogens is 1. The van der Waals surface area contributed by atoms with E-state index in [1.807, 2.05) is 44.2 Å². The summed E-state index contributed by atoms with van der Waals surface area (Å²) in [7, 11) is -2.38. The number of hydrogen-bond donors (Lipinski definition) is 1. The molecule has 0 saturated heterocycles. The van der Waals surface area contributed by atoms with Gasteiger partial charge in [0.2, 0.25) is 21.8 Å². The number of carbonyl (C=O) groups is 2.